The summed E-state index contributed by atoms with van der Waals surface area (Å²) in [5.41, 5.74) is 3.10. The zero-order valence-electron chi connectivity index (χ0n) is 12.1. The summed E-state index contributed by atoms with van der Waals surface area (Å²) >= 11 is 0. The predicted molar refractivity (Wildman–Crippen MR) is 85.4 cm³/mol. The van der Waals surface area contributed by atoms with Crippen LogP contribution in [0.2, 0.25) is 0 Å². The van der Waals surface area contributed by atoms with E-state index in [4.69, 9.17) is 0 Å². The van der Waals surface area contributed by atoms with Gasteiger partial charge in [0.1, 0.15) is 5.82 Å². The molecule has 0 saturated heterocycles. The first-order chi connectivity index (χ1) is 10.3. The topological polar surface area (TPSA) is 62.7 Å². The van der Waals surface area contributed by atoms with Crippen LogP contribution < -0.4 is 10.6 Å². The van der Waals surface area contributed by atoms with E-state index in [9.17, 15) is 0 Å². The lowest BCUT2D eigenvalue weighted by molar-refractivity contribution is 1.01. The standard InChI is InChI=1S/C16H17N5/c1-11-6-5-9-18-14(11)10-19-15-12-7-3-4-8-13(12)20-16(17-2)21-15/h3-9H,10H2,1-2H3,(H2,17,19,20,21). The highest BCUT2D eigenvalue weighted by molar-refractivity contribution is 5.89. The van der Waals surface area contributed by atoms with Gasteiger partial charge in [-0.3, -0.25) is 4.98 Å². The van der Waals surface area contributed by atoms with E-state index in [1.807, 2.05) is 37.4 Å². The lowest BCUT2D eigenvalue weighted by atomic mass is 10.2. The van der Waals surface area contributed by atoms with Gasteiger partial charge in [0, 0.05) is 18.6 Å². The van der Waals surface area contributed by atoms with Gasteiger partial charge in [0.25, 0.3) is 0 Å². The molecule has 3 aromatic rings. The Morgan fingerprint density at radius 3 is 2.71 bits per heavy atom. The average Bonchev–Trinajstić information content (AvgIpc) is 2.53. The molecule has 106 valence electrons. The van der Waals surface area contributed by atoms with Crippen molar-refractivity contribution < 1.29 is 0 Å². The van der Waals surface area contributed by atoms with E-state index < -0.39 is 0 Å². The van der Waals surface area contributed by atoms with Crippen LogP contribution in [0, 0.1) is 6.92 Å². The average molecular weight is 279 g/mol. The van der Waals surface area contributed by atoms with Crippen molar-refractivity contribution in [1.29, 1.82) is 0 Å². The van der Waals surface area contributed by atoms with Crippen LogP contribution in [0.15, 0.2) is 42.6 Å². The molecule has 0 spiro atoms. The Kier molecular flexibility index (Phi) is 3.64. The summed E-state index contributed by atoms with van der Waals surface area (Å²) in [7, 11) is 1.82. The maximum absolute atomic E-state index is 4.50. The van der Waals surface area contributed by atoms with Crippen LogP contribution in [0.5, 0.6) is 0 Å². The number of rotatable bonds is 4. The van der Waals surface area contributed by atoms with Gasteiger partial charge in [-0.25, -0.2) is 4.98 Å². The van der Waals surface area contributed by atoms with Crippen LogP contribution in [0.25, 0.3) is 10.9 Å². The van der Waals surface area contributed by atoms with Gasteiger partial charge in [-0.05, 0) is 30.7 Å². The van der Waals surface area contributed by atoms with Gasteiger partial charge in [-0.2, -0.15) is 4.98 Å². The van der Waals surface area contributed by atoms with Crippen LogP contribution in [0.3, 0.4) is 0 Å². The van der Waals surface area contributed by atoms with Crippen LogP contribution in [0.4, 0.5) is 11.8 Å². The van der Waals surface area contributed by atoms with E-state index in [-0.39, 0.29) is 0 Å². The normalized spacial score (nSPS) is 10.6. The second-order valence-corrected chi connectivity index (χ2v) is 4.78. The molecule has 2 heterocycles. The Hall–Kier alpha value is -2.69. The number of hydrogen-bond donors (Lipinski definition) is 2. The molecule has 0 radical (unpaired) electrons. The van der Waals surface area contributed by atoms with Crippen molar-refractivity contribution in [2.24, 2.45) is 0 Å². The Bertz CT molecular complexity index is 769. The van der Waals surface area contributed by atoms with Crippen molar-refractivity contribution in [2.45, 2.75) is 13.5 Å². The van der Waals surface area contributed by atoms with Crippen molar-refractivity contribution >= 4 is 22.7 Å². The Morgan fingerprint density at radius 2 is 1.90 bits per heavy atom. The van der Waals surface area contributed by atoms with Crippen LogP contribution in [0.1, 0.15) is 11.3 Å². The smallest absolute Gasteiger partial charge is 0.224 e. The molecule has 0 atom stereocenters. The third-order valence-electron chi connectivity index (χ3n) is 3.37. The number of anilines is 2. The zero-order valence-corrected chi connectivity index (χ0v) is 12.1. The van der Waals surface area contributed by atoms with Gasteiger partial charge in [-0.15, -0.1) is 0 Å². The van der Waals surface area contributed by atoms with Gasteiger partial charge in [0.2, 0.25) is 5.95 Å². The fourth-order valence-electron chi connectivity index (χ4n) is 2.19. The lowest BCUT2D eigenvalue weighted by Crippen LogP contribution is -2.07. The summed E-state index contributed by atoms with van der Waals surface area (Å²) < 4.78 is 0. The molecule has 21 heavy (non-hydrogen) atoms. The van der Waals surface area contributed by atoms with E-state index in [1.165, 1.54) is 0 Å². The van der Waals surface area contributed by atoms with E-state index in [2.05, 4.69) is 38.6 Å². The molecule has 0 aliphatic rings. The third kappa shape index (κ3) is 2.76. The van der Waals surface area contributed by atoms with Crippen molar-refractivity contribution in [3.63, 3.8) is 0 Å². The number of aryl methyl sites for hydroxylation is 1. The molecule has 0 aliphatic heterocycles. The number of nitrogens with one attached hydrogen (secondary N) is 2. The van der Waals surface area contributed by atoms with Crippen LogP contribution >= 0.6 is 0 Å². The maximum Gasteiger partial charge on any atom is 0.224 e. The fraction of sp³-hybridized carbons (Fsp3) is 0.188. The van der Waals surface area contributed by atoms with Crippen molar-refractivity contribution in [3.05, 3.63) is 53.9 Å². The monoisotopic (exact) mass is 279 g/mol. The molecule has 0 bridgehead atoms. The summed E-state index contributed by atoms with van der Waals surface area (Å²) in [6.07, 6.45) is 1.81. The minimum absolute atomic E-state index is 0.606. The molecule has 0 fully saturated rings. The molecular weight excluding hydrogens is 262 g/mol. The third-order valence-corrected chi connectivity index (χ3v) is 3.37. The van der Waals surface area contributed by atoms with Gasteiger partial charge in [0.05, 0.1) is 17.8 Å². The van der Waals surface area contributed by atoms with Gasteiger partial charge < -0.3 is 10.6 Å². The molecule has 0 saturated carbocycles. The quantitative estimate of drug-likeness (QED) is 0.768. The van der Waals surface area contributed by atoms with Gasteiger partial charge in [-0.1, -0.05) is 18.2 Å². The second-order valence-electron chi connectivity index (χ2n) is 4.78. The summed E-state index contributed by atoms with van der Waals surface area (Å²) in [6, 6.07) is 12.0. The zero-order chi connectivity index (χ0) is 14.7. The Balaban J connectivity index is 1.94. The molecule has 1 aromatic carbocycles. The van der Waals surface area contributed by atoms with Crippen molar-refractivity contribution in [3.8, 4) is 0 Å². The number of pyridine rings is 1. The molecule has 0 aliphatic carbocycles. The lowest BCUT2D eigenvalue weighted by Gasteiger charge is -2.11. The number of benzene rings is 1. The first-order valence-electron chi connectivity index (χ1n) is 6.87. The molecule has 0 amide bonds. The number of fused-ring (bicyclic) bond motifs is 1. The molecule has 5 heteroatoms. The second kappa shape index (κ2) is 5.75. The number of nitrogens with zero attached hydrogens (tertiary/aromatic N) is 3. The molecule has 2 N–H and O–H groups in total. The molecule has 5 nitrogen and oxygen atoms in total. The minimum Gasteiger partial charge on any atom is -0.364 e. The fourth-order valence-corrected chi connectivity index (χ4v) is 2.19. The molecule has 0 unspecified atom stereocenters. The maximum atomic E-state index is 4.50. The minimum atomic E-state index is 0.606. The summed E-state index contributed by atoms with van der Waals surface area (Å²) in [4.78, 5) is 13.3. The highest BCUT2D eigenvalue weighted by atomic mass is 15.1. The SMILES string of the molecule is CNc1nc(NCc2ncccc2C)c2ccccc2n1. The van der Waals surface area contributed by atoms with Crippen LogP contribution in [-0.4, -0.2) is 22.0 Å². The first-order valence-corrected chi connectivity index (χ1v) is 6.87. The first kappa shape index (κ1) is 13.3. The molecule has 2 aromatic heterocycles. The van der Waals surface area contributed by atoms with Crippen molar-refractivity contribution in [2.75, 3.05) is 17.7 Å². The summed E-state index contributed by atoms with van der Waals surface area (Å²) in [5, 5.41) is 7.36. The van der Waals surface area contributed by atoms with E-state index in [0.29, 0.717) is 12.5 Å². The number of aromatic nitrogens is 3. The predicted octanol–water partition coefficient (Wildman–Crippen LogP) is 2.99. The van der Waals surface area contributed by atoms with Gasteiger partial charge in [0.15, 0.2) is 0 Å². The van der Waals surface area contributed by atoms with E-state index >= 15 is 0 Å². The highest BCUT2D eigenvalue weighted by Gasteiger charge is 2.07. The van der Waals surface area contributed by atoms with E-state index in [0.717, 1.165) is 28.0 Å². The van der Waals surface area contributed by atoms with Crippen molar-refractivity contribution in [1.82, 2.24) is 15.0 Å². The largest absolute Gasteiger partial charge is 0.364 e. The number of para-hydroxylation sites is 1. The number of hydrogen-bond acceptors (Lipinski definition) is 5. The summed E-state index contributed by atoms with van der Waals surface area (Å²) in [6.45, 7) is 2.69. The summed E-state index contributed by atoms with van der Waals surface area (Å²) in [5.74, 6) is 1.42. The molecule has 3 rings (SSSR count). The van der Waals surface area contributed by atoms with E-state index in [1.54, 1.807) is 6.20 Å². The Labute approximate surface area is 123 Å². The van der Waals surface area contributed by atoms with Gasteiger partial charge >= 0.3 is 0 Å². The Morgan fingerprint density at radius 1 is 1.05 bits per heavy atom. The molecular formula is C16H17N5. The highest BCUT2D eigenvalue weighted by Crippen LogP contribution is 2.22. The van der Waals surface area contributed by atoms with Crippen LogP contribution in [-0.2, 0) is 6.54 Å².